The monoisotopic (exact) mass is 205 g/mol. The fourth-order valence-corrected chi connectivity index (χ4v) is 4.39. The summed E-state index contributed by atoms with van der Waals surface area (Å²) < 4.78 is 11.6. The predicted molar refractivity (Wildman–Crippen MR) is 58.0 cm³/mol. The van der Waals surface area contributed by atoms with Crippen molar-refractivity contribution in [2.24, 2.45) is 5.73 Å². The Morgan fingerprint density at radius 2 is 1.62 bits per heavy atom. The molecule has 0 rings (SSSR count). The van der Waals surface area contributed by atoms with E-state index in [4.69, 9.17) is 14.6 Å². The van der Waals surface area contributed by atoms with E-state index in [9.17, 15) is 0 Å². The van der Waals surface area contributed by atoms with Crippen molar-refractivity contribution >= 4 is 8.56 Å². The van der Waals surface area contributed by atoms with Gasteiger partial charge in [-0.25, -0.2) is 0 Å². The zero-order chi connectivity index (χ0) is 10.2. The first-order valence-corrected chi connectivity index (χ1v) is 7.45. The van der Waals surface area contributed by atoms with Gasteiger partial charge in [-0.2, -0.15) is 0 Å². The fourth-order valence-electron chi connectivity index (χ4n) is 1.46. The van der Waals surface area contributed by atoms with Crippen LogP contribution in [-0.4, -0.2) is 28.3 Å². The number of rotatable bonds is 8. The van der Waals surface area contributed by atoms with E-state index < -0.39 is 8.56 Å². The van der Waals surface area contributed by atoms with Crippen LogP contribution in [0.25, 0.3) is 0 Å². The molecule has 0 aromatic heterocycles. The van der Waals surface area contributed by atoms with Gasteiger partial charge < -0.3 is 14.6 Å². The molecule has 0 bridgehead atoms. The predicted octanol–water partition coefficient (Wildman–Crippen LogP) is 1.87. The molecule has 0 saturated carbocycles. The molecule has 3 nitrogen and oxygen atoms in total. The maximum absolute atomic E-state index is 5.78. The Morgan fingerprint density at radius 3 is 1.92 bits per heavy atom. The normalized spacial score (nSPS) is 12.0. The quantitative estimate of drug-likeness (QED) is 0.615. The van der Waals surface area contributed by atoms with Crippen LogP contribution in [0.5, 0.6) is 0 Å². The minimum atomic E-state index is -1.87. The summed E-state index contributed by atoms with van der Waals surface area (Å²) in [4.78, 5) is 0. The first-order chi connectivity index (χ1) is 6.24. The van der Waals surface area contributed by atoms with E-state index in [1.807, 2.05) is 13.8 Å². The molecule has 4 heteroatoms. The van der Waals surface area contributed by atoms with Crippen LogP contribution in [0.4, 0.5) is 0 Å². The first-order valence-electron chi connectivity index (χ1n) is 5.22. The molecule has 13 heavy (non-hydrogen) atoms. The highest BCUT2D eigenvalue weighted by Crippen LogP contribution is 2.20. The van der Waals surface area contributed by atoms with Gasteiger partial charge in [0.15, 0.2) is 0 Å². The zero-order valence-corrected chi connectivity index (χ0v) is 10.1. The van der Waals surface area contributed by atoms with Gasteiger partial charge in [0, 0.05) is 13.2 Å². The molecule has 0 aliphatic carbocycles. The molecule has 0 aromatic carbocycles. The van der Waals surface area contributed by atoms with E-state index in [0.29, 0.717) is 0 Å². The van der Waals surface area contributed by atoms with Crippen LogP contribution in [-0.2, 0) is 8.85 Å². The number of hydrogen-bond acceptors (Lipinski definition) is 3. The molecule has 2 N–H and O–H groups in total. The Bertz CT molecular complexity index is 116. The highest BCUT2D eigenvalue weighted by molar-refractivity contribution is 6.67. The standard InChI is InChI=1S/C9H23NO2Si/c1-4-11-13(6-3,12-5-2)9-7-8-10/h4-10H2,1-3H3. The molecular formula is C9H23NO2Si. The highest BCUT2D eigenvalue weighted by Gasteiger charge is 2.33. The SMILES string of the molecule is CCO[Si](CC)(CCCN)OCC. The molecule has 0 radical (unpaired) electrons. The molecule has 0 amide bonds. The minimum Gasteiger partial charge on any atom is -0.394 e. The summed E-state index contributed by atoms with van der Waals surface area (Å²) in [5.74, 6) is 0. The Kier molecular flexibility index (Phi) is 7.55. The Labute approximate surface area is 82.9 Å². The summed E-state index contributed by atoms with van der Waals surface area (Å²) in [6, 6.07) is 2.05. The molecule has 0 unspecified atom stereocenters. The van der Waals surface area contributed by atoms with Crippen LogP contribution in [0, 0.1) is 0 Å². The van der Waals surface area contributed by atoms with Gasteiger partial charge in [0.1, 0.15) is 0 Å². The van der Waals surface area contributed by atoms with Gasteiger partial charge >= 0.3 is 8.56 Å². The maximum atomic E-state index is 5.78. The Balaban J connectivity index is 4.07. The second-order valence-corrected chi connectivity index (χ2v) is 6.63. The second kappa shape index (κ2) is 7.50. The van der Waals surface area contributed by atoms with Gasteiger partial charge in [-0.1, -0.05) is 6.92 Å². The fraction of sp³-hybridized carbons (Fsp3) is 1.00. The smallest absolute Gasteiger partial charge is 0.337 e. The topological polar surface area (TPSA) is 44.5 Å². The van der Waals surface area contributed by atoms with Crippen LogP contribution >= 0.6 is 0 Å². The Morgan fingerprint density at radius 1 is 1.08 bits per heavy atom. The third-order valence-corrected chi connectivity index (χ3v) is 5.94. The van der Waals surface area contributed by atoms with E-state index in [1.54, 1.807) is 0 Å². The number of nitrogens with two attached hydrogens (primary N) is 1. The second-order valence-electron chi connectivity index (χ2n) is 3.02. The zero-order valence-electron chi connectivity index (χ0n) is 9.14. The lowest BCUT2D eigenvalue weighted by Gasteiger charge is -2.28. The van der Waals surface area contributed by atoms with Gasteiger partial charge in [0.25, 0.3) is 0 Å². The Hall–Kier alpha value is 0.0969. The molecule has 80 valence electrons. The molecule has 0 saturated heterocycles. The third-order valence-electron chi connectivity index (χ3n) is 2.12. The average Bonchev–Trinajstić information content (AvgIpc) is 2.15. The van der Waals surface area contributed by atoms with Crippen molar-refractivity contribution < 1.29 is 8.85 Å². The molecule has 0 heterocycles. The van der Waals surface area contributed by atoms with E-state index in [1.165, 1.54) is 0 Å². The molecule has 0 aliphatic heterocycles. The summed E-state index contributed by atoms with van der Waals surface area (Å²) in [5, 5.41) is 0. The van der Waals surface area contributed by atoms with Crippen LogP contribution in [0.2, 0.25) is 12.1 Å². The van der Waals surface area contributed by atoms with Crippen molar-refractivity contribution in [3.05, 3.63) is 0 Å². The number of hydrogen-bond donors (Lipinski definition) is 1. The van der Waals surface area contributed by atoms with E-state index >= 15 is 0 Å². The molecule has 0 atom stereocenters. The minimum absolute atomic E-state index is 0.731. The summed E-state index contributed by atoms with van der Waals surface area (Å²) in [6.07, 6.45) is 1.01. The lowest BCUT2D eigenvalue weighted by molar-refractivity contribution is 0.183. The summed E-state index contributed by atoms with van der Waals surface area (Å²) in [6.45, 7) is 8.44. The van der Waals surface area contributed by atoms with E-state index in [0.717, 1.165) is 38.3 Å². The summed E-state index contributed by atoms with van der Waals surface area (Å²) >= 11 is 0. The van der Waals surface area contributed by atoms with Gasteiger partial charge in [0.2, 0.25) is 0 Å². The molecule has 0 fully saturated rings. The van der Waals surface area contributed by atoms with Crippen LogP contribution < -0.4 is 5.73 Å². The largest absolute Gasteiger partial charge is 0.394 e. The van der Waals surface area contributed by atoms with Crippen LogP contribution in [0.1, 0.15) is 27.2 Å². The lowest BCUT2D eigenvalue weighted by Crippen LogP contribution is -2.41. The van der Waals surface area contributed by atoms with Crippen molar-refractivity contribution in [2.75, 3.05) is 19.8 Å². The molecule has 0 aromatic rings. The summed E-state index contributed by atoms with van der Waals surface area (Å²) in [5.41, 5.74) is 5.49. The van der Waals surface area contributed by atoms with Gasteiger partial charge in [-0.05, 0) is 38.9 Å². The summed E-state index contributed by atoms with van der Waals surface area (Å²) in [7, 11) is -1.87. The first kappa shape index (κ1) is 13.1. The lowest BCUT2D eigenvalue weighted by atomic mass is 10.5. The van der Waals surface area contributed by atoms with Crippen LogP contribution in [0.3, 0.4) is 0 Å². The molecule has 0 aliphatic rings. The van der Waals surface area contributed by atoms with Crippen molar-refractivity contribution in [3.63, 3.8) is 0 Å². The van der Waals surface area contributed by atoms with Crippen molar-refractivity contribution in [1.82, 2.24) is 0 Å². The third kappa shape index (κ3) is 4.76. The maximum Gasteiger partial charge on any atom is 0.337 e. The van der Waals surface area contributed by atoms with Crippen molar-refractivity contribution in [3.8, 4) is 0 Å². The van der Waals surface area contributed by atoms with Gasteiger partial charge in [0.05, 0.1) is 0 Å². The van der Waals surface area contributed by atoms with Gasteiger partial charge in [-0.3, -0.25) is 0 Å². The average molecular weight is 205 g/mol. The van der Waals surface area contributed by atoms with E-state index in [-0.39, 0.29) is 0 Å². The van der Waals surface area contributed by atoms with Crippen molar-refractivity contribution in [1.29, 1.82) is 0 Å². The highest BCUT2D eigenvalue weighted by atomic mass is 28.4. The molecular weight excluding hydrogens is 182 g/mol. The van der Waals surface area contributed by atoms with Crippen LogP contribution in [0.15, 0.2) is 0 Å². The van der Waals surface area contributed by atoms with Gasteiger partial charge in [-0.15, -0.1) is 0 Å². The van der Waals surface area contributed by atoms with Crippen molar-refractivity contribution in [2.45, 2.75) is 39.3 Å². The molecule has 0 spiro atoms. The van der Waals surface area contributed by atoms with E-state index in [2.05, 4.69) is 6.92 Å².